The van der Waals surface area contributed by atoms with Gasteiger partial charge in [-0.25, -0.2) is 0 Å². The predicted octanol–water partition coefficient (Wildman–Crippen LogP) is 2.21. The van der Waals surface area contributed by atoms with Gasteiger partial charge in [0.2, 0.25) is 6.79 Å². The van der Waals surface area contributed by atoms with Crippen LogP contribution in [0.25, 0.3) is 0 Å². The zero-order valence-corrected chi connectivity index (χ0v) is 13.2. The molecule has 1 aliphatic rings. The van der Waals surface area contributed by atoms with Crippen LogP contribution < -0.4 is 9.47 Å². The molecule has 0 unspecified atom stereocenters. The van der Waals surface area contributed by atoms with Crippen molar-refractivity contribution in [2.75, 3.05) is 20.4 Å². The summed E-state index contributed by atoms with van der Waals surface area (Å²) < 4.78 is 20.5. The molecule has 3 rings (SSSR count). The van der Waals surface area contributed by atoms with Crippen LogP contribution in [0.5, 0.6) is 11.5 Å². The van der Waals surface area contributed by atoms with Crippen LogP contribution in [0.2, 0.25) is 0 Å². The smallest absolute Gasteiger partial charge is 0.307 e. The number of benzene rings is 1. The lowest BCUT2D eigenvalue weighted by atomic mass is 10.1. The molecule has 0 spiro atoms. The minimum atomic E-state index is -0.377. The number of methoxy groups -OCH3 is 1. The highest BCUT2D eigenvalue weighted by molar-refractivity contribution is 5.95. The van der Waals surface area contributed by atoms with Gasteiger partial charge < -0.3 is 23.5 Å². The molecule has 0 aliphatic carbocycles. The molecule has 1 aromatic carbocycles. The van der Waals surface area contributed by atoms with Crippen molar-refractivity contribution in [2.45, 2.75) is 13.0 Å². The van der Waals surface area contributed by atoms with Crippen LogP contribution in [0.3, 0.4) is 0 Å². The highest BCUT2D eigenvalue weighted by atomic mass is 16.7. The van der Waals surface area contributed by atoms with Gasteiger partial charge in [-0.2, -0.15) is 0 Å². The standard InChI is InChI=1S/C17H17NO6/c1-21-16(19)6-7-18(10-13-3-2-8-22-13)17(20)12-4-5-14-15(9-12)24-11-23-14/h2-5,8-9H,6-7,10-11H2,1H3. The Morgan fingerprint density at radius 2 is 2.04 bits per heavy atom. The molecule has 2 heterocycles. The zero-order chi connectivity index (χ0) is 16.9. The quantitative estimate of drug-likeness (QED) is 0.755. The highest BCUT2D eigenvalue weighted by Crippen LogP contribution is 2.32. The van der Waals surface area contributed by atoms with Crippen molar-refractivity contribution in [3.05, 3.63) is 47.9 Å². The number of nitrogens with zero attached hydrogens (tertiary/aromatic N) is 1. The van der Waals surface area contributed by atoms with Gasteiger partial charge in [0, 0.05) is 12.1 Å². The number of hydrogen-bond acceptors (Lipinski definition) is 6. The van der Waals surface area contributed by atoms with E-state index in [1.807, 2.05) is 0 Å². The van der Waals surface area contributed by atoms with Gasteiger partial charge in [-0.1, -0.05) is 0 Å². The molecule has 0 saturated heterocycles. The zero-order valence-electron chi connectivity index (χ0n) is 13.2. The summed E-state index contributed by atoms with van der Waals surface area (Å²) in [5.74, 6) is 1.17. The summed E-state index contributed by atoms with van der Waals surface area (Å²) in [7, 11) is 1.32. The first-order valence-corrected chi connectivity index (χ1v) is 7.45. The topological polar surface area (TPSA) is 78.2 Å². The first-order valence-electron chi connectivity index (χ1n) is 7.45. The minimum absolute atomic E-state index is 0.105. The number of fused-ring (bicyclic) bond motifs is 1. The van der Waals surface area contributed by atoms with Crippen LogP contribution in [0, 0.1) is 0 Å². The van der Waals surface area contributed by atoms with Crippen molar-refractivity contribution in [1.29, 1.82) is 0 Å². The van der Waals surface area contributed by atoms with Crippen LogP contribution in [-0.2, 0) is 16.1 Å². The average Bonchev–Trinajstić information content (AvgIpc) is 3.28. The summed E-state index contributed by atoms with van der Waals surface area (Å²) in [6.07, 6.45) is 1.65. The molecule has 1 aliphatic heterocycles. The Hall–Kier alpha value is -2.96. The fourth-order valence-corrected chi connectivity index (χ4v) is 2.38. The van der Waals surface area contributed by atoms with Gasteiger partial charge in [0.1, 0.15) is 5.76 Å². The number of hydrogen-bond donors (Lipinski definition) is 0. The Morgan fingerprint density at radius 3 is 2.79 bits per heavy atom. The molecule has 24 heavy (non-hydrogen) atoms. The van der Waals surface area contributed by atoms with Gasteiger partial charge in [-0.05, 0) is 30.3 Å². The summed E-state index contributed by atoms with van der Waals surface area (Å²) in [6, 6.07) is 8.53. The number of amides is 1. The van der Waals surface area contributed by atoms with Crippen molar-refractivity contribution in [2.24, 2.45) is 0 Å². The Morgan fingerprint density at radius 1 is 1.21 bits per heavy atom. The maximum absolute atomic E-state index is 12.8. The second kappa shape index (κ2) is 7.08. The summed E-state index contributed by atoms with van der Waals surface area (Å²) >= 11 is 0. The van der Waals surface area contributed by atoms with Crippen LogP contribution in [-0.4, -0.2) is 37.2 Å². The average molecular weight is 331 g/mol. The molecule has 7 nitrogen and oxygen atoms in total. The number of ether oxygens (including phenoxy) is 3. The van der Waals surface area contributed by atoms with Crippen molar-refractivity contribution >= 4 is 11.9 Å². The molecule has 0 fully saturated rings. The molecule has 2 aromatic rings. The summed E-state index contributed by atoms with van der Waals surface area (Å²) in [5.41, 5.74) is 0.454. The minimum Gasteiger partial charge on any atom is -0.469 e. The molecule has 0 bridgehead atoms. The third-order valence-electron chi connectivity index (χ3n) is 3.65. The highest BCUT2D eigenvalue weighted by Gasteiger charge is 2.22. The van der Waals surface area contributed by atoms with Gasteiger partial charge in [0.15, 0.2) is 11.5 Å². The predicted molar refractivity (Wildman–Crippen MR) is 82.6 cm³/mol. The van der Waals surface area contributed by atoms with E-state index in [9.17, 15) is 9.59 Å². The monoisotopic (exact) mass is 331 g/mol. The van der Waals surface area contributed by atoms with Crippen molar-refractivity contribution in [3.8, 4) is 11.5 Å². The molecule has 0 atom stereocenters. The molecule has 1 aromatic heterocycles. The third kappa shape index (κ3) is 3.51. The Labute approximate surface area is 138 Å². The van der Waals surface area contributed by atoms with E-state index >= 15 is 0 Å². The molecule has 126 valence electrons. The second-order valence-electron chi connectivity index (χ2n) is 5.20. The third-order valence-corrected chi connectivity index (χ3v) is 3.65. The molecular formula is C17H17NO6. The number of rotatable bonds is 6. The Balaban J connectivity index is 1.77. The maximum Gasteiger partial charge on any atom is 0.307 e. The Bertz CT molecular complexity index is 725. The molecular weight excluding hydrogens is 314 g/mol. The molecule has 0 saturated carbocycles. The number of carbonyl (C=O) groups is 2. The summed E-state index contributed by atoms with van der Waals surface area (Å²) in [5, 5.41) is 0. The van der Waals surface area contributed by atoms with Crippen molar-refractivity contribution in [1.82, 2.24) is 4.90 Å². The fourth-order valence-electron chi connectivity index (χ4n) is 2.38. The van der Waals surface area contributed by atoms with Gasteiger partial charge >= 0.3 is 5.97 Å². The fraction of sp³-hybridized carbons (Fsp3) is 0.294. The van der Waals surface area contributed by atoms with E-state index in [4.69, 9.17) is 13.9 Å². The van der Waals surface area contributed by atoms with Gasteiger partial charge in [0.05, 0.1) is 26.3 Å². The summed E-state index contributed by atoms with van der Waals surface area (Å²) in [6.45, 7) is 0.628. The van der Waals surface area contributed by atoms with E-state index in [1.54, 1.807) is 36.6 Å². The first kappa shape index (κ1) is 15.9. The van der Waals surface area contributed by atoms with Gasteiger partial charge in [-0.15, -0.1) is 0 Å². The molecule has 0 radical (unpaired) electrons. The van der Waals surface area contributed by atoms with E-state index in [2.05, 4.69) is 4.74 Å². The first-order chi connectivity index (χ1) is 11.7. The van der Waals surface area contributed by atoms with E-state index in [0.717, 1.165) is 0 Å². The van der Waals surface area contributed by atoms with Crippen LogP contribution >= 0.6 is 0 Å². The van der Waals surface area contributed by atoms with Crippen molar-refractivity contribution < 1.29 is 28.2 Å². The van der Waals surface area contributed by atoms with E-state index in [-0.39, 0.29) is 38.2 Å². The number of esters is 1. The van der Waals surface area contributed by atoms with Gasteiger partial charge in [-0.3, -0.25) is 9.59 Å². The van der Waals surface area contributed by atoms with E-state index in [1.165, 1.54) is 12.0 Å². The van der Waals surface area contributed by atoms with Crippen LogP contribution in [0.4, 0.5) is 0 Å². The maximum atomic E-state index is 12.8. The van der Waals surface area contributed by atoms with Crippen LogP contribution in [0.1, 0.15) is 22.5 Å². The SMILES string of the molecule is COC(=O)CCN(Cc1ccco1)C(=O)c1ccc2c(c1)OCO2. The largest absolute Gasteiger partial charge is 0.469 e. The molecule has 7 heteroatoms. The van der Waals surface area contributed by atoms with E-state index < -0.39 is 0 Å². The van der Waals surface area contributed by atoms with Crippen molar-refractivity contribution in [3.63, 3.8) is 0 Å². The lowest BCUT2D eigenvalue weighted by molar-refractivity contribution is -0.140. The lowest BCUT2D eigenvalue weighted by Gasteiger charge is -2.21. The van der Waals surface area contributed by atoms with Gasteiger partial charge in [0.25, 0.3) is 5.91 Å². The Kier molecular flexibility index (Phi) is 4.69. The van der Waals surface area contributed by atoms with E-state index in [0.29, 0.717) is 22.8 Å². The lowest BCUT2D eigenvalue weighted by Crippen LogP contribution is -2.32. The normalized spacial score (nSPS) is 12.0. The summed E-state index contributed by atoms with van der Waals surface area (Å²) in [4.78, 5) is 25.8. The molecule has 0 N–H and O–H groups in total. The second-order valence-corrected chi connectivity index (χ2v) is 5.20. The number of furan rings is 1. The number of carbonyl (C=O) groups excluding carboxylic acids is 2. The van der Waals surface area contributed by atoms with Crippen LogP contribution in [0.15, 0.2) is 41.0 Å². The molecule has 1 amide bonds.